The lowest BCUT2D eigenvalue weighted by atomic mass is 10.2. The van der Waals surface area contributed by atoms with Gasteiger partial charge in [-0.2, -0.15) is 11.8 Å². The highest BCUT2D eigenvalue weighted by molar-refractivity contribution is 7.99. The molecule has 0 spiro atoms. The highest BCUT2D eigenvalue weighted by Gasteiger charge is 2.09. The van der Waals surface area contributed by atoms with E-state index in [9.17, 15) is 4.79 Å². The largest absolute Gasteiger partial charge is 0.480 e. The third-order valence-electron chi connectivity index (χ3n) is 1.15. The number of hydrogen-bond acceptors (Lipinski definition) is 4. The van der Waals surface area contributed by atoms with Gasteiger partial charge in [0, 0.05) is 12.3 Å². The first-order chi connectivity index (χ1) is 5.18. The van der Waals surface area contributed by atoms with E-state index in [1.54, 1.807) is 11.8 Å². The molecule has 0 aliphatic carbocycles. The zero-order chi connectivity index (χ0) is 8.69. The van der Waals surface area contributed by atoms with Crippen LogP contribution in [0.15, 0.2) is 0 Å². The monoisotopic (exact) mass is 178 g/mol. The molecule has 0 aromatic heterocycles. The highest BCUT2D eigenvalue weighted by atomic mass is 32.2. The maximum absolute atomic E-state index is 10.2. The summed E-state index contributed by atoms with van der Waals surface area (Å²) in [6.07, 6.45) is 0.514. The quantitative estimate of drug-likeness (QED) is 0.476. The van der Waals surface area contributed by atoms with Crippen LogP contribution in [0.4, 0.5) is 0 Å². The second-order valence-electron chi connectivity index (χ2n) is 2.13. The number of hydrogen-bond donors (Lipinski definition) is 3. The van der Waals surface area contributed by atoms with E-state index in [0.717, 1.165) is 11.5 Å². The van der Waals surface area contributed by atoms with E-state index >= 15 is 0 Å². The molecule has 0 heterocycles. The van der Waals surface area contributed by atoms with Crippen LogP contribution in [0.1, 0.15) is 6.42 Å². The second kappa shape index (κ2) is 6.45. The van der Waals surface area contributed by atoms with Gasteiger partial charge in [-0.05, 0) is 12.2 Å². The average Bonchev–Trinajstić information content (AvgIpc) is 1.97. The van der Waals surface area contributed by atoms with Crippen LogP contribution >= 0.6 is 11.8 Å². The van der Waals surface area contributed by atoms with Gasteiger partial charge in [-0.3, -0.25) is 4.79 Å². The third-order valence-corrected chi connectivity index (χ3v) is 2.20. The molecule has 66 valence electrons. The molecule has 0 aromatic rings. The summed E-state index contributed by atoms with van der Waals surface area (Å²) in [6, 6.07) is -0.722. The van der Waals surface area contributed by atoms with E-state index in [1.807, 2.05) is 0 Å². The summed E-state index contributed by atoms with van der Waals surface area (Å²) in [5.74, 6) is 0.704. The Labute approximate surface area is 70.3 Å². The fourth-order valence-electron chi connectivity index (χ4n) is 0.519. The molecule has 1 unspecified atom stereocenters. The molecule has 0 bridgehead atoms. The van der Waals surface area contributed by atoms with Crippen molar-refractivity contribution in [3.63, 3.8) is 0 Å². The van der Waals surface area contributed by atoms with Crippen LogP contribution in [0.25, 0.3) is 0 Å². The molecule has 0 rings (SSSR count). The Morgan fingerprint density at radius 2 is 2.18 bits per heavy atom. The molecule has 0 aromatic carbocycles. The summed E-state index contributed by atoms with van der Waals surface area (Å²) < 4.78 is 0. The second-order valence-corrected chi connectivity index (χ2v) is 3.36. The van der Waals surface area contributed by atoms with Crippen molar-refractivity contribution in [2.75, 3.05) is 18.1 Å². The molecule has 0 aliphatic rings. The van der Waals surface area contributed by atoms with E-state index < -0.39 is 12.0 Å². The molecular formula is C6H14N2O2S. The van der Waals surface area contributed by atoms with E-state index in [-0.39, 0.29) is 0 Å². The van der Waals surface area contributed by atoms with Crippen molar-refractivity contribution in [2.24, 2.45) is 11.5 Å². The lowest BCUT2D eigenvalue weighted by molar-refractivity contribution is -0.138. The SMILES string of the molecule is NCCSCCC(N)C(=O)O. The Morgan fingerprint density at radius 3 is 2.64 bits per heavy atom. The Bertz CT molecular complexity index is 121. The number of rotatable bonds is 6. The predicted octanol–water partition coefficient (Wildman–Crippen LogP) is -0.520. The van der Waals surface area contributed by atoms with E-state index in [0.29, 0.717) is 13.0 Å². The van der Waals surface area contributed by atoms with Gasteiger partial charge in [0.05, 0.1) is 0 Å². The van der Waals surface area contributed by atoms with Crippen LogP contribution < -0.4 is 11.5 Å². The first-order valence-electron chi connectivity index (χ1n) is 3.44. The van der Waals surface area contributed by atoms with Gasteiger partial charge in [-0.15, -0.1) is 0 Å². The lowest BCUT2D eigenvalue weighted by Crippen LogP contribution is -2.30. The third kappa shape index (κ3) is 6.15. The maximum Gasteiger partial charge on any atom is 0.320 e. The van der Waals surface area contributed by atoms with E-state index in [1.165, 1.54) is 0 Å². The Morgan fingerprint density at radius 1 is 1.55 bits per heavy atom. The number of carboxylic acid groups (broad SMARTS) is 1. The summed E-state index contributed by atoms with van der Waals surface area (Å²) >= 11 is 1.63. The zero-order valence-electron chi connectivity index (χ0n) is 6.32. The van der Waals surface area contributed by atoms with Crippen molar-refractivity contribution in [1.29, 1.82) is 0 Å². The van der Waals surface area contributed by atoms with Crippen molar-refractivity contribution in [3.8, 4) is 0 Å². The minimum absolute atomic E-state index is 0.514. The van der Waals surface area contributed by atoms with E-state index in [2.05, 4.69) is 0 Å². The Balaban J connectivity index is 3.17. The number of carboxylic acids is 1. The van der Waals surface area contributed by atoms with Crippen LogP contribution in [0, 0.1) is 0 Å². The molecule has 0 amide bonds. The van der Waals surface area contributed by atoms with Crippen LogP contribution in [-0.2, 0) is 4.79 Å². The molecule has 1 atom stereocenters. The van der Waals surface area contributed by atoms with Gasteiger partial charge in [0.1, 0.15) is 6.04 Å². The number of thioether (sulfide) groups is 1. The van der Waals surface area contributed by atoms with Gasteiger partial charge in [-0.25, -0.2) is 0 Å². The molecule has 0 saturated heterocycles. The maximum atomic E-state index is 10.2. The van der Waals surface area contributed by atoms with Crippen LogP contribution in [0.3, 0.4) is 0 Å². The number of carbonyl (C=O) groups is 1. The van der Waals surface area contributed by atoms with E-state index in [4.69, 9.17) is 16.6 Å². The Kier molecular flexibility index (Phi) is 6.30. The van der Waals surface area contributed by atoms with Gasteiger partial charge < -0.3 is 16.6 Å². The van der Waals surface area contributed by atoms with Crippen molar-refractivity contribution in [2.45, 2.75) is 12.5 Å². The molecule has 11 heavy (non-hydrogen) atoms. The molecule has 5 N–H and O–H groups in total. The van der Waals surface area contributed by atoms with Gasteiger partial charge in [0.15, 0.2) is 0 Å². The smallest absolute Gasteiger partial charge is 0.320 e. The Hall–Kier alpha value is -0.260. The predicted molar refractivity (Wildman–Crippen MR) is 46.6 cm³/mol. The lowest BCUT2D eigenvalue weighted by Gasteiger charge is -2.04. The number of nitrogens with two attached hydrogens (primary N) is 2. The molecular weight excluding hydrogens is 164 g/mol. The van der Waals surface area contributed by atoms with Crippen LogP contribution in [-0.4, -0.2) is 35.2 Å². The summed E-state index contributed by atoms with van der Waals surface area (Å²) in [6.45, 7) is 0.632. The fourth-order valence-corrected chi connectivity index (χ4v) is 1.31. The van der Waals surface area contributed by atoms with Crippen molar-refractivity contribution in [1.82, 2.24) is 0 Å². The molecule has 0 fully saturated rings. The van der Waals surface area contributed by atoms with Crippen LogP contribution in [0.5, 0.6) is 0 Å². The zero-order valence-corrected chi connectivity index (χ0v) is 7.14. The molecule has 0 aliphatic heterocycles. The topological polar surface area (TPSA) is 89.3 Å². The first-order valence-corrected chi connectivity index (χ1v) is 4.60. The van der Waals surface area contributed by atoms with Crippen molar-refractivity contribution in [3.05, 3.63) is 0 Å². The normalized spacial score (nSPS) is 12.9. The van der Waals surface area contributed by atoms with Crippen LogP contribution in [0.2, 0.25) is 0 Å². The van der Waals surface area contributed by atoms with Gasteiger partial charge in [0.25, 0.3) is 0 Å². The molecule has 5 heteroatoms. The van der Waals surface area contributed by atoms with Gasteiger partial charge in [-0.1, -0.05) is 0 Å². The summed E-state index contributed by atoms with van der Waals surface area (Å²) in [5, 5.41) is 8.38. The minimum atomic E-state index is -0.932. The molecule has 0 saturated carbocycles. The van der Waals surface area contributed by atoms with Crippen molar-refractivity contribution >= 4 is 17.7 Å². The van der Waals surface area contributed by atoms with Gasteiger partial charge >= 0.3 is 5.97 Å². The fraction of sp³-hybridized carbons (Fsp3) is 0.833. The average molecular weight is 178 g/mol. The summed E-state index contributed by atoms with van der Waals surface area (Å²) in [5.41, 5.74) is 10.5. The highest BCUT2D eigenvalue weighted by Crippen LogP contribution is 2.02. The van der Waals surface area contributed by atoms with Gasteiger partial charge in [0.2, 0.25) is 0 Å². The number of aliphatic carboxylic acids is 1. The molecule has 4 nitrogen and oxygen atoms in total. The summed E-state index contributed by atoms with van der Waals surface area (Å²) in [7, 11) is 0. The van der Waals surface area contributed by atoms with Crippen molar-refractivity contribution < 1.29 is 9.90 Å². The minimum Gasteiger partial charge on any atom is -0.480 e. The summed E-state index contributed by atoms with van der Waals surface area (Å²) in [4.78, 5) is 10.2. The standard InChI is InChI=1S/C6H14N2O2S/c7-2-4-11-3-1-5(8)6(9)10/h5H,1-4,7-8H2,(H,9,10). The first kappa shape index (κ1) is 10.7. The molecule has 0 radical (unpaired) electrons.